The molecule has 1 aromatic carbocycles. The van der Waals surface area contributed by atoms with Crippen molar-refractivity contribution >= 4 is 29.1 Å². The predicted molar refractivity (Wildman–Crippen MR) is 81.5 cm³/mol. The highest BCUT2D eigenvalue weighted by Crippen LogP contribution is 2.23. The topological polar surface area (TPSA) is 58.4 Å². The molecule has 0 atom stereocenters. The Kier molecular flexibility index (Phi) is 5.22. The maximum atomic E-state index is 12.4. The second-order valence-electron chi connectivity index (χ2n) is 4.60. The number of carbonyl (C=O) groups is 1. The average molecular weight is 328 g/mol. The first-order chi connectivity index (χ1) is 10.0. The van der Waals surface area contributed by atoms with E-state index in [4.69, 9.17) is 28.3 Å². The zero-order valence-electron chi connectivity index (χ0n) is 11.5. The van der Waals surface area contributed by atoms with Crippen molar-refractivity contribution in [2.45, 2.75) is 6.54 Å². The van der Waals surface area contributed by atoms with Crippen molar-refractivity contribution in [1.29, 1.82) is 0 Å². The lowest BCUT2D eigenvalue weighted by molar-refractivity contribution is 0.0708. The highest BCUT2D eigenvalue weighted by atomic mass is 35.5. The molecule has 0 aliphatic rings. The van der Waals surface area contributed by atoms with Crippen LogP contribution in [0.25, 0.3) is 0 Å². The van der Waals surface area contributed by atoms with Crippen LogP contribution in [-0.2, 0) is 13.6 Å². The minimum atomic E-state index is -0.191. The maximum Gasteiger partial charge on any atom is 0.257 e. The molecule has 1 amide bonds. The van der Waals surface area contributed by atoms with Crippen LogP contribution < -0.4 is 0 Å². The Bertz CT molecular complexity index is 643. The van der Waals surface area contributed by atoms with Gasteiger partial charge in [-0.3, -0.25) is 9.48 Å². The molecule has 5 nitrogen and oxygen atoms in total. The summed E-state index contributed by atoms with van der Waals surface area (Å²) in [7, 11) is 1.74. The molecule has 0 saturated carbocycles. The van der Waals surface area contributed by atoms with Crippen LogP contribution >= 0.6 is 23.2 Å². The lowest BCUT2D eigenvalue weighted by Gasteiger charge is -2.21. The maximum absolute atomic E-state index is 12.4. The average Bonchev–Trinajstić information content (AvgIpc) is 2.88. The molecular weight excluding hydrogens is 313 g/mol. The number of carbonyl (C=O) groups excluding carboxylic acids is 1. The Balaban J connectivity index is 2.18. The summed E-state index contributed by atoms with van der Waals surface area (Å²) in [6.45, 7) is 0.451. The van der Waals surface area contributed by atoms with Crippen LogP contribution in [-0.4, -0.2) is 38.8 Å². The van der Waals surface area contributed by atoms with Crippen molar-refractivity contribution in [1.82, 2.24) is 14.7 Å². The molecular formula is C14H15Cl2N3O2. The third kappa shape index (κ3) is 3.97. The molecule has 0 unspecified atom stereocenters. The number of amides is 1. The molecule has 1 heterocycles. The van der Waals surface area contributed by atoms with Gasteiger partial charge in [-0.05, 0) is 17.7 Å². The first-order valence-corrected chi connectivity index (χ1v) is 7.09. The van der Waals surface area contributed by atoms with E-state index in [9.17, 15) is 4.79 Å². The molecule has 1 N–H and O–H groups in total. The van der Waals surface area contributed by atoms with E-state index in [2.05, 4.69) is 5.10 Å². The number of aliphatic hydroxyl groups excluding tert-OH is 1. The van der Waals surface area contributed by atoms with E-state index in [1.807, 2.05) is 0 Å². The van der Waals surface area contributed by atoms with Crippen LogP contribution in [0.15, 0.2) is 30.6 Å². The summed E-state index contributed by atoms with van der Waals surface area (Å²) < 4.78 is 1.56. The summed E-state index contributed by atoms with van der Waals surface area (Å²) >= 11 is 11.9. The molecule has 0 radical (unpaired) electrons. The van der Waals surface area contributed by atoms with Crippen LogP contribution in [0.1, 0.15) is 15.9 Å². The number of hydrogen-bond acceptors (Lipinski definition) is 3. The van der Waals surface area contributed by atoms with E-state index in [-0.39, 0.29) is 19.1 Å². The third-order valence-electron chi connectivity index (χ3n) is 2.97. The van der Waals surface area contributed by atoms with Crippen molar-refractivity contribution < 1.29 is 9.90 Å². The van der Waals surface area contributed by atoms with E-state index < -0.39 is 0 Å². The predicted octanol–water partition coefficient (Wildman–Crippen LogP) is 2.36. The van der Waals surface area contributed by atoms with Gasteiger partial charge in [0.1, 0.15) is 0 Å². The van der Waals surface area contributed by atoms with Gasteiger partial charge in [0.05, 0.1) is 28.4 Å². The molecule has 0 aliphatic heterocycles. The van der Waals surface area contributed by atoms with Crippen molar-refractivity contribution in [3.63, 3.8) is 0 Å². The molecule has 0 fully saturated rings. The molecule has 7 heteroatoms. The molecule has 1 aromatic heterocycles. The molecule has 2 aromatic rings. The molecule has 0 aliphatic carbocycles. The van der Waals surface area contributed by atoms with Crippen molar-refractivity contribution in [2.75, 3.05) is 13.2 Å². The summed E-state index contributed by atoms with van der Waals surface area (Å²) in [6.07, 6.45) is 3.14. The monoisotopic (exact) mass is 327 g/mol. The van der Waals surface area contributed by atoms with E-state index >= 15 is 0 Å². The zero-order valence-corrected chi connectivity index (χ0v) is 13.0. The Labute approximate surface area is 132 Å². The molecule has 112 valence electrons. The van der Waals surface area contributed by atoms with Crippen molar-refractivity contribution in [3.05, 3.63) is 51.8 Å². The normalized spacial score (nSPS) is 10.7. The second-order valence-corrected chi connectivity index (χ2v) is 5.42. The lowest BCUT2D eigenvalue weighted by atomic mass is 10.2. The third-order valence-corrected chi connectivity index (χ3v) is 3.71. The van der Waals surface area contributed by atoms with Crippen molar-refractivity contribution in [3.8, 4) is 0 Å². The lowest BCUT2D eigenvalue weighted by Crippen LogP contribution is -2.32. The van der Waals surface area contributed by atoms with Crippen LogP contribution in [0.5, 0.6) is 0 Å². The smallest absolute Gasteiger partial charge is 0.257 e. The van der Waals surface area contributed by atoms with Gasteiger partial charge in [-0.2, -0.15) is 5.10 Å². The fraction of sp³-hybridized carbons (Fsp3) is 0.286. The van der Waals surface area contributed by atoms with Crippen LogP contribution in [0.4, 0.5) is 0 Å². The highest BCUT2D eigenvalue weighted by Gasteiger charge is 2.17. The fourth-order valence-electron chi connectivity index (χ4n) is 1.95. The largest absolute Gasteiger partial charge is 0.395 e. The summed E-state index contributed by atoms with van der Waals surface area (Å²) in [4.78, 5) is 13.9. The number of hydrogen-bond donors (Lipinski definition) is 1. The summed E-state index contributed by atoms with van der Waals surface area (Å²) in [5, 5.41) is 14.0. The fourth-order valence-corrected chi connectivity index (χ4v) is 2.27. The Morgan fingerprint density at radius 2 is 2.14 bits per heavy atom. The Morgan fingerprint density at radius 3 is 2.71 bits per heavy atom. The number of aromatic nitrogens is 2. The molecule has 0 spiro atoms. The number of halogens is 2. The van der Waals surface area contributed by atoms with E-state index in [0.717, 1.165) is 5.56 Å². The van der Waals surface area contributed by atoms with Gasteiger partial charge in [-0.15, -0.1) is 0 Å². The first-order valence-electron chi connectivity index (χ1n) is 6.34. The van der Waals surface area contributed by atoms with Gasteiger partial charge >= 0.3 is 0 Å². The first kappa shape index (κ1) is 15.8. The summed E-state index contributed by atoms with van der Waals surface area (Å²) in [6, 6.07) is 5.20. The molecule has 21 heavy (non-hydrogen) atoms. The van der Waals surface area contributed by atoms with Gasteiger partial charge in [0, 0.05) is 26.3 Å². The van der Waals surface area contributed by atoms with Crippen LogP contribution in [0, 0.1) is 0 Å². The van der Waals surface area contributed by atoms with Gasteiger partial charge in [0.15, 0.2) is 0 Å². The van der Waals surface area contributed by atoms with Gasteiger partial charge in [-0.1, -0.05) is 29.3 Å². The van der Waals surface area contributed by atoms with Crippen LogP contribution in [0.2, 0.25) is 10.0 Å². The minimum Gasteiger partial charge on any atom is -0.395 e. The SMILES string of the molecule is Cn1cc(C(=O)N(CCO)Cc2ccc(Cl)c(Cl)c2)cn1. The minimum absolute atomic E-state index is 0.118. The zero-order chi connectivity index (χ0) is 15.4. The van der Waals surface area contributed by atoms with E-state index in [0.29, 0.717) is 22.2 Å². The van der Waals surface area contributed by atoms with Gasteiger partial charge in [-0.25, -0.2) is 0 Å². The number of aryl methyl sites for hydroxylation is 1. The summed E-state index contributed by atoms with van der Waals surface area (Å²) in [5.41, 5.74) is 1.32. The summed E-state index contributed by atoms with van der Waals surface area (Å²) in [5.74, 6) is -0.191. The molecule has 0 saturated heterocycles. The Morgan fingerprint density at radius 1 is 1.38 bits per heavy atom. The number of benzene rings is 1. The number of aliphatic hydroxyl groups is 1. The van der Waals surface area contributed by atoms with E-state index in [1.54, 1.807) is 36.1 Å². The van der Waals surface area contributed by atoms with Gasteiger partial charge in [0.25, 0.3) is 5.91 Å². The highest BCUT2D eigenvalue weighted by molar-refractivity contribution is 6.42. The number of nitrogens with zero attached hydrogens (tertiary/aromatic N) is 3. The van der Waals surface area contributed by atoms with Gasteiger partial charge in [0.2, 0.25) is 0 Å². The van der Waals surface area contributed by atoms with Crippen molar-refractivity contribution in [2.24, 2.45) is 7.05 Å². The molecule has 2 rings (SSSR count). The van der Waals surface area contributed by atoms with Gasteiger partial charge < -0.3 is 10.0 Å². The number of rotatable bonds is 5. The molecule has 0 bridgehead atoms. The standard InChI is InChI=1S/C14H15Cl2N3O2/c1-18-9-11(7-17-18)14(21)19(4-5-20)8-10-2-3-12(15)13(16)6-10/h2-3,6-7,9,20H,4-5,8H2,1H3. The quantitative estimate of drug-likeness (QED) is 0.917. The van der Waals surface area contributed by atoms with Crippen LogP contribution in [0.3, 0.4) is 0 Å². The van der Waals surface area contributed by atoms with E-state index in [1.165, 1.54) is 11.1 Å². The second kappa shape index (κ2) is 6.93. The Hall–Kier alpha value is -1.56.